The third-order valence-electron chi connectivity index (χ3n) is 4.41. The number of hydrogen-bond donors (Lipinski definition) is 1. The van der Waals surface area contributed by atoms with Crippen molar-refractivity contribution in [3.63, 3.8) is 0 Å². The Hall–Kier alpha value is -1.89. The molecule has 2 aromatic rings. The van der Waals surface area contributed by atoms with Crippen LogP contribution >= 0.6 is 11.6 Å². The number of halogens is 1. The van der Waals surface area contributed by atoms with Crippen molar-refractivity contribution in [1.82, 2.24) is 9.62 Å². The molecule has 0 radical (unpaired) electrons. The van der Waals surface area contributed by atoms with Crippen molar-refractivity contribution < 1.29 is 13.2 Å². The predicted molar refractivity (Wildman–Crippen MR) is 109 cm³/mol. The molecule has 0 aliphatic rings. The van der Waals surface area contributed by atoms with Gasteiger partial charge in [0, 0.05) is 30.2 Å². The lowest BCUT2D eigenvalue weighted by molar-refractivity contribution is 0.0953. The number of rotatable bonds is 8. The van der Waals surface area contributed by atoms with Crippen molar-refractivity contribution in [2.45, 2.75) is 32.1 Å². The second-order valence-corrected chi connectivity index (χ2v) is 8.57. The summed E-state index contributed by atoms with van der Waals surface area (Å²) < 4.78 is 26.8. The van der Waals surface area contributed by atoms with E-state index in [1.807, 2.05) is 24.3 Å². The van der Waals surface area contributed by atoms with Gasteiger partial charge in [0.2, 0.25) is 10.0 Å². The molecule has 0 aliphatic carbocycles. The van der Waals surface area contributed by atoms with Gasteiger partial charge in [-0.1, -0.05) is 43.6 Å². The molecule has 0 aromatic heterocycles. The Balaban J connectivity index is 2.12. The van der Waals surface area contributed by atoms with Crippen LogP contribution in [0, 0.1) is 6.92 Å². The Morgan fingerprint density at radius 2 is 1.70 bits per heavy atom. The van der Waals surface area contributed by atoms with E-state index in [0.717, 1.165) is 11.1 Å². The van der Waals surface area contributed by atoms with Crippen LogP contribution in [0.5, 0.6) is 0 Å². The average Bonchev–Trinajstić information content (AvgIpc) is 2.64. The summed E-state index contributed by atoms with van der Waals surface area (Å²) in [6.07, 6.45) is 0.666. The van der Waals surface area contributed by atoms with Crippen LogP contribution in [0.3, 0.4) is 0 Å². The SMILES string of the molecule is CCN(CC)S(=O)(=O)c1ccc(C)c(C(=O)NCCc2ccc(Cl)cc2)c1. The maximum Gasteiger partial charge on any atom is 0.251 e. The van der Waals surface area contributed by atoms with Gasteiger partial charge >= 0.3 is 0 Å². The van der Waals surface area contributed by atoms with Crippen LogP contribution in [-0.4, -0.2) is 38.3 Å². The summed E-state index contributed by atoms with van der Waals surface area (Å²) >= 11 is 5.87. The average molecular weight is 409 g/mol. The Labute approximate surface area is 166 Å². The molecule has 0 atom stereocenters. The first kappa shape index (κ1) is 21.4. The van der Waals surface area contributed by atoms with E-state index in [1.165, 1.54) is 10.4 Å². The quantitative estimate of drug-likeness (QED) is 0.724. The van der Waals surface area contributed by atoms with E-state index in [2.05, 4.69) is 5.32 Å². The molecule has 0 saturated carbocycles. The normalized spacial score (nSPS) is 11.6. The minimum atomic E-state index is -3.60. The lowest BCUT2D eigenvalue weighted by Crippen LogP contribution is -2.31. The number of carbonyl (C=O) groups excluding carboxylic acids is 1. The van der Waals surface area contributed by atoms with Gasteiger partial charge in [-0.05, 0) is 48.7 Å². The molecule has 27 heavy (non-hydrogen) atoms. The Morgan fingerprint density at radius 1 is 1.07 bits per heavy atom. The highest BCUT2D eigenvalue weighted by molar-refractivity contribution is 7.89. The lowest BCUT2D eigenvalue weighted by atomic mass is 10.1. The number of nitrogens with one attached hydrogen (secondary N) is 1. The number of amides is 1. The molecule has 0 spiro atoms. The van der Waals surface area contributed by atoms with Crippen LogP contribution in [0.4, 0.5) is 0 Å². The molecule has 2 rings (SSSR count). The van der Waals surface area contributed by atoms with Crippen LogP contribution in [0.15, 0.2) is 47.4 Å². The second kappa shape index (κ2) is 9.35. The van der Waals surface area contributed by atoms with Crippen LogP contribution in [-0.2, 0) is 16.4 Å². The lowest BCUT2D eigenvalue weighted by Gasteiger charge is -2.19. The molecule has 0 bridgehead atoms. The molecule has 146 valence electrons. The minimum absolute atomic E-state index is 0.139. The van der Waals surface area contributed by atoms with Gasteiger partial charge in [0.05, 0.1) is 4.90 Å². The molecular weight excluding hydrogens is 384 g/mol. The Kier molecular flexibility index (Phi) is 7.41. The molecule has 0 aliphatic heterocycles. The van der Waals surface area contributed by atoms with Gasteiger partial charge in [0.1, 0.15) is 0 Å². The summed E-state index contributed by atoms with van der Waals surface area (Å²) in [6, 6.07) is 12.1. The molecule has 1 amide bonds. The van der Waals surface area contributed by atoms with Crippen LogP contribution in [0.25, 0.3) is 0 Å². The zero-order valence-electron chi connectivity index (χ0n) is 15.8. The molecule has 0 saturated heterocycles. The Morgan fingerprint density at radius 3 is 2.30 bits per heavy atom. The van der Waals surface area contributed by atoms with Crippen molar-refractivity contribution >= 4 is 27.5 Å². The minimum Gasteiger partial charge on any atom is -0.352 e. The number of benzene rings is 2. The van der Waals surface area contributed by atoms with Gasteiger partial charge in [-0.15, -0.1) is 0 Å². The van der Waals surface area contributed by atoms with Gasteiger partial charge < -0.3 is 5.32 Å². The highest BCUT2D eigenvalue weighted by atomic mass is 35.5. The summed E-state index contributed by atoms with van der Waals surface area (Å²) in [7, 11) is -3.60. The topological polar surface area (TPSA) is 66.5 Å². The third kappa shape index (κ3) is 5.31. The third-order valence-corrected chi connectivity index (χ3v) is 6.71. The van der Waals surface area contributed by atoms with Crippen molar-refractivity contribution in [3.8, 4) is 0 Å². The Bertz CT molecular complexity index is 892. The van der Waals surface area contributed by atoms with Crippen molar-refractivity contribution in [2.24, 2.45) is 0 Å². The molecular formula is C20H25ClN2O3S. The maximum absolute atomic E-state index is 12.7. The van der Waals surface area contributed by atoms with E-state index in [-0.39, 0.29) is 10.8 Å². The van der Waals surface area contributed by atoms with Crippen LogP contribution in [0.1, 0.15) is 35.3 Å². The molecule has 1 N–H and O–H groups in total. The van der Waals surface area contributed by atoms with E-state index in [1.54, 1.807) is 32.9 Å². The number of nitrogens with zero attached hydrogens (tertiary/aromatic N) is 1. The monoisotopic (exact) mass is 408 g/mol. The fraction of sp³-hybridized carbons (Fsp3) is 0.350. The smallest absolute Gasteiger partial charge is 0.251 e. The number of aryl methyl sites for hydroxylation is 1. The molecule has 7 heteroatoms. The molecule has 0 unspecified atom stereocenters. The number of sulfonamides is 1. The molecule has 5 nitrogen and oxygen atoms in total. The fourth-order valence-electron chi connectivity index (χ4n) is 2.79. The van der Waals surface area contributed by atoms with E-state index < -0.39 is 10.0 Å². The van der Waals surface area contributed by atoms with Gasteiger partial charge in [0.15, 0.2) is 0 Å². The summed E-state index contributed by atoms with van der Waals surface area (Å²) in [6.45, 7) is 6.60. The van der Waals surface area contributed by atoms with Gasteiger partial charge in [-0.2, -0.15) is 4.31 Å². The van der Waals surface area contributed by atoms with E-state index >= 15 is 0 Å². The van der Waals surface area contributed by atoms with Crippen LogP contribution in [0.2, 0.25) is 5.02 Å². The van der Waals surface area contributed by atoms with Gasteiger partial charge in [0.25, 0.3) is 5.91 Å². The van der Waals surface area contributed by atoms with E-state index in [0.29, 0.717) is 36.6 Å². The van der Waals surface area contributed by atoms with E-state index in [4.69, 9.17) is 11.6 Å². The first-order valence-corrected chi connectivity index (χ1v) is 10.7. The highest BCUT2D eigenvalue weighted by Crippen LogP contribution is 2.19. The fourth-order valence-corrected chi connectivity index (χ4v) is 4.40. The van der Waals surface area contributed by atoms with Crippen molar-refractivity contribution in [1.29, 1.82) is 0 Å². The van der Waals surface area contributed by atoms with Crippen molar-refractivity contribution in [3.05, 3.63) is 64.2 Å². The summed E-state index contributed by atoms with van der Waals surface area (Å²) in [5.41, 5.74) is 2.17. The first-order chi connectivity index (χ1) is 12.8. The maximum atomic E-state index is 12.7. The molecule has 0 heterocycles. The zero-order valence-corrected chi connectivity index (χ0v) is 17.4. The summed E-state index contributed by atoms with van der Waals surface area (Å²) in [5.74, 6) is -0.280. The van der Waals surface area contributed by atoms with Crippen LogP contribution < -0.4 is 5.32 Å². The molecule has 2 aromatic carbocycles. The highest BCUT2D eigenvalue weighted by Gasteiger charge is 2.23. The zero-order chi connectivity index (χ0) is 20.0. The largest absolute Gasteiger partial charge is 0.352 e. The predicted octanol–water partition coefficient (Wildman–Crippen LogP) is 3.65. The molecule has 0 fully saturated rings. The number of hydrogen-bond acceptors (Lipinski definition) is 3. The van der Waals surface area contributed by atoms with E-state index in [9.17, 15) is 13.2 Å². The standard InChI is InChI=1S/C20H25ClN2O3S/c1-4-23(5-2)27(25,26)18-11-6-15(3)19(14-18)20(24)22-13-12-16-7-9-17(21)10-8-16/h6-11,14H,4-5,12-13H2,1-3H3,(H,22,24). The first-order valence-electron chi connectivity index (χ1n) is 8.93. The van der Waals surface area contributed by atoms with Crippen molar-refractivity contribution in [2.75, 3.05) is 19.6 Å². The number of carbonyl (C=O) groups is 1. The summed E-state index contributed by atoms with van der Waals surface area (Å²) in [4.78, 5) is 12.7. The van der Waals surface area contributed by atoms with Gasteiger partial charge in [-0.25, -0.2) is 8.42 Å². The summed E-state index contributed by atoms with van der Waals surface area (Å²) in [5, 5.41) is 3.53. The second-order valence-electron chi connectivity index (χ2n) is 6.20. The van der Waals surface area contributed by atoms with Gasteiger partial charge in [-0.3, -0.25) is 4.79 Å².